The molecule has 0 saturated carbocycles. The van der Waals surface area contributed by atoms with E-state index in [9.17, 15) is 9.59 Å². The van der Waals surface area contributed by atoms with E-state index in [1.165, 1.54) is 6.33 Å². The summed E-state index contributed by atoms with van der Waals surface area (Å²) in [5.41, 5.74) is 2.14. The second-order valence-electron chi connectivity index (χ2n) is 7.21. The molecule has 0 saturated heterocycles. The number of carbonyl (C=O) groups is 2. The van der Waals surface area contributed by atoms with Crippen molar-refractivity contribution in [2.24, 2.45) is 0 Å². The van der Waals surface area contributed by atoms with Crippen LogP contribution in [0.25, 0.3) is 0 Å². The number of carbonyl (C=O) groups excluding carboxylic acids is 1. The topological polar surface area (TPSA) is 113 Å². The van der Waals surface area contributed by atoms with Crippen molar-refractivity contribution < 1.29 is 19.4 Å². The molecule has 0 radical (unpaired) electrons. The quantitative estimate of drug-likeness (QED) is 0.416. The van der Waals surface area contributed by atoms with E-state index in [4.69, 9.17) is 9.84 Å². The summed E-state index contributed by atoms with van der Waals surface area (Å²) in [7, 11) is 0. The first-order valence-corrected chi connectivity index (χ1v) is 10.4. The summed E-state index contributed by atoms with van der Waals surface area (Å²) >= 11 is 0. The van der Waals surface area contributed by atoms with Gasteiger partial charge in [0.15, 0.2) is 0 Å². The summed E-state index contributed by atoms with van der Waals surface area (Å²) < 4.78 is 5.85. The number of ether oxygens (including phenoxy) is 1. The molecule has 2 aromatic carbocycles. The lowest BCUT2D eigenvalue weighted by atomic mass is 10.1. The fraction of sp³-hybridized carbons (Fsp3) is 0.250. The fourth-order valence-electron chi connectivity index (χ4n) is 3.01. The van der Waals surface area contributed by atoms with Gasteiger partial charge in [-0.1, -0.05) is 55.8 Å². The van der Waals surface area contributed by atoms with E-state index in [1.807, 2.05) is 37.3 Å². The van der Waals surface area contributed by atoms with Crippen molar-refractivity contribution in [2.45, 2.75) is 39.0 Å². The number of aromatic nitrogens is 2. The largest absolute Gasteiger partial charge is 0.478 e. The number of carboxylic acid groups (broad SMARTS) is 1. The van der Waals surface area contributed by atoms with Gasteiger partial charge in [-0.15, -0.1) is 0 Å². The molecular weight excluding hydrogens is 408 g/mol. The van der Waals surface area contributed by atoms with Crippen LogP contribution < -0.4 is 10.6 Å². The van der Waals surface area contributed by atoms with E-state index >= 15 is 0 Å². The van der Waals surface area contributed by atoms with Crippen LogP contribution in [-0.2, 0) is 22.7 Å². The third-order valence-corrected chi connectivity index (χ3v) is 4.73. The molecule has 3 N–H and O–H groups in total. The van der Waals surface area contributed by atoms with E-state index in [2.05, 4.69) is 20.6 Å². The zero-order chi connectivity index (χ0) is 22.8. The zero-order valence-electron chi connectivity index (χ0n) is 17.8. The summed E-state index contributed by atoms with van der Waals surface area (Å²) in [4.78, 5) is 32.0. The molecule has 1 amide bonds. The molecule has 0 spiro atoms. The van der Waals surface area contributed by atoms with Gasteiger partial charge in [0.1, 0.15) is 24.1 Å². The fourth-order valence-corrected chi connectivity index (χ4v) is 3.01. The number of carboxylic acids is 1. The second kappa shape index (κ2) is 11.6. The minimum atomic E-state index is -0.963. The number of rotatable bonds is 11. The van der Waals surface area contributed by atoms with Crippen molar-refractivity contribution in [3.8, 4) is 0 Å². The van der Waals surface area contributed by atoms with Gasteiger partial charge in [0.05, 0.1) is 12.2 Å². The predicted molar refractivity (Wildman–Crippen MR) is 121 cm³/mol. The third kappa shape index (κ3) is 6.88. The van der Waals surface area contributed by atoms with Gasteiger partial charge in [-0.2, -0.15) is 0 Å². The van der Waals surface area contributed by atoms with Crippen LogP contribution in [0, 0.1) is 0 Å². The van der Waals surface area contributed by atoms with Crippen LogP contribution in [0.4, 0.5) is 11.6 Å². The molecular formula is C24H26N4O4. The van der Waals surface area contributed by atoms with Crippen LogP contribution in [0.1, 0.15) is 41.3 Å². The minimum absolute atomic E-state index is 0.233. The van der Waals surface area contributed by atoms with Crippen molar-refractivity contribution in [3.05, 3.63) is 83.7 Å². The molecule has 8 nitrogen and oxygen atoms in total. The highest BCUT2D eigenvalue weighted by Gasteiger charge is 2.19. The molecule has 1 atom stereocenters. The number of nitrogens with one attached hydrogen (secondary N) is 2. The number of anilines is 2. The van der Waals surface area contributed by atoms with Crippen LogP contribution in [0.2, 0.25) is 0 Å². The van der Waals surface area contributed by atoms with Crippen molar-refractivity contribution >= 4 is 23.5 Å². The molecule has 0 aliphatic rings. The maximum absolute atomic E-state index is 12.7. The van der Waals surface area contributed by atoms with Crippen molar-refractivity contribution in [2.75, 3.05) is 10.6 Å². The predicted octanol–water partition coefficient (Wildman–Crippen LogP) is 4.11. The van der Waals surface area contributed by atoms with Gasteiger partial charge in [-0.25, -0.2) is 14.8 Å². The van der Waals surface area contributed by atoms with Crippen LogP contribution in [0.5, 0.6) is 0 Å². The van der Waals surface area contributed by atoms with Crippen LogP contribution >= 0.6 is 0 Å². The Morgan fingerprint density at radius 1 is 1.00 bits per heavy atom. The Kier molecular flexibility index (Phi) is 8.28. The van der Waals surface area contributed by atoms with E-state index in [0.717, 1.165) is 17.5 Å². The summed E-state index contributed by atoms with van der Waals surface area (Å²) in [6, 6.07) is 17.9. The minimum Gasteiger partial charge on any atom is -0.478 e. The molecule has 0 aliphatic carbocycles. The molecule has 1 unspecified atom stereocenters. The zero-order valence-corrected chi connectivity index (χ0v) is 17.8. The van der Waals surface area contributed by atoms with Crippen LogP contribution in [0.3, 0.4) is 0 Å². The molecule has 0 bridgehead atoms. The first kappa shape index (κ1) is 22.9. The van der Waals surface area contributed by atoms with E-state index in [0.29, 0.717) is 31.2 Å². The molecule has 3 aromatic rings. The Bertz CT molecular complexity index is 1030. The van der Waals surface area contributed by atoms with Crippen molar-refractivity contribution in [3.63, 3.8) is 0 Å². The van der Waals surface area contributed by atoms with Gasteiger partial charge in [0, 0.05) is 12.6 Å². The Balaban J connectivity index is 1.56. The summed E-state index contributed by atoms with van der Waals surface area (Å²) in [5.74, 6) is -0.306. The standard InChI is InChI=1S/C24H26N4O4/c1-2-6-20(32-15-18-7-4-3-5-8-18)23(29)28-22-13-21(26-16-27-22)25-14-17-9-11-19(12-10-17)24(30)31/h3-5,7-13,16,20H,2,6,14-15H2,1H3,(H,30,31)(H2,25,26,27,28,29). The number of amides is 1. The average molecular weight is 434 g/mol. The van der Waals surface area contributed by atoms with Gasteiger partial charge in [0.25, 0.3) is 5.91 Å². The number of aromatic carboxylic acids is 1. The van der Waals surface area contributed by atoms with Gasteiger partial charge in [-0.05, 0) is 29.7 Å². The molecule has 3 rings (SSSR count). The molecule has 1 heterocycles. The highest BCUT2D eigenvalue weighted by molar-refractivity contribution is 5.93. The maximum atomic E-state index is 12.7. The molecule has 0 fully saturated rings. The molecule has 1 aromatic heterocycles. The Morgan fingerprint density at radius 2 is 1.72 bits per heavy atom. The highest BCUT2D eigenvalue weighted by Crippen LogP contribution is 2.14. The third-order valence-electron chi connectivity index (χ3n) is 4.73. The smallest absolute Gasteiger partial charge is 0.335 e. The highest BCUT2D eigenvalue weighted by atomic mass is 16.5. The Morgan fingerprint density at radius 3 is 2.41 bits per heavy atom. The first-order chi connectivity index (χ1) is 15.5. The number of nitrogens with zero attached hydrogens (tertiary/aromatic N) is 2. The van der Waals surface area contributed by atoms with E-state index in [1.54, 1.807) is 30.3 Å². The maximum Gasteiger partial charge on any atom is 0.335 e. The number of hydrogen-bond donors (Lipinski definition) is 3. The normalized spacial score (nSPS) is 11.5. The summed E-state index contributed by atoms with van der Waals surface area (Å²) in [6.07, 6.45) is 2.19. The van der Waals surface area contributed by atoms with Gasteiger partial charge in [0.2, 0.25) is 0 Å². The van der Waals surface area contributed by atoms with Crippen LogP contribution in [-0.4, -0.2) is 33.1 Å². The summed E-state index contributed by atoms with van der Waals surface area (Å²) in [5, 5.41) is 14.9. The van der Waals surface area contributed by atoms with E-state index < -0.39 is 12.1 Å². The van der Waals surface area contributed by atoms with Gasteiger partial charge >= 0.3 is 5.97 Å². The van der Waals surface area contributed by atoms with Crippen LogP contribution in [0.15, 0.2) is 67.0 Å². The monoisotopic (exact) mass is 434 g/mol. The summed E-state index contributed by atoms with van der Waals surface area (Å²) in [6.45, 7) is 2.81. The Hall–Kier alpha value is -3.78. The molecule has 0 aliphatic heterocycles. The van der Waals surface area contributed by atoms with Gasteiger partial charge < -0.3 is 20.5 Å². The number of hydrogen-bond acceptors (Lipinski definition) is 6. The van der Waals surface area contributed by atoms with Crippen molar-refractivity contribution in [1.29, 1.82) is 0 Å². The lowest BCUT2D eigenvalue weighted by molar-refractivity contribution is -0.128. The molecule has 166 valence electrons. The molecule has 32 heavy (non-hydrogen) atoms. The van der Waals surface area contributed by atoms with Crippen molar-refractivity contribution in [1.82, 2.24) is 9.97 Å². The first-order valence-electron chi connectivity index (χ1n) is 10.4. The van der Waals surface area contributed by atoms with E-state index in [-0.39, 0.29) is 11.5 Å². The van der Waals surface area contributed by atoms with Gasteiger partial charge in [-0.3, -0.25) is 4.79 Å². The average Bonchev–Trinajstić information content (AvgIpc) is 2.81. The lowest BCUT2D eigenvalue weighted by Gasteiger charge is -2.17. The Labute approximate surface area is 186 Å². The SMILES string of the molecule is CCCC(OCc1ccccc1)C(=O)Nc1cc(NCc2ccc(C(=O)O)cc2)ncn1. The second-order valence-corrected chi connectivity index (χ2v) is 7.21. The lowest BCUT2D eigenvalue weighted by Crippen LogP contribution is -2.30. The number of benzene rings is 2. The molecule has 8 heteroatoms.